The third kappa shape index (κ3) is 6.99. The van der Waals surface area contributed by atoms with E-state index in [2.05, 4.69) is 10.1 Å². The van der Waals surface area contributed by atoms with Crippen LogP contribution in [0.2, 0.25) is 0 Å². The Labute approximate surface area is 121 Å². The van der Waals surface area contributed by atoms with E-state index in [4.69, 9.17) is 5.73 Å². The molecule has 0 fully saturated rings. The maximum atomic E-state index is 12.1. The highest BCUT2D eigenvalue weighted by Crippen LogP contribution is 2.19. The fourth-order valence-electron chi connectivity index (χ4n) is 1.67. The number of halogens is 3. The molecule has 7 heteroatoms. The zero-order valence-corrected chi connectivity index (χ0v) is 11.7. The summed E-state index contributed by atoms with van der Waals surface area (Å²) < 4.78 is 40.8. The zero-order chi connectivity index (χ0) is 15.9. The highest BCUT2D eigenvalue weighted by Gasteiger charge is 2.28. The molecule has 0 saturated carbocycles. The topological polar surface area (TPSA) is 64.4 Å². The van der Waals surface area contributed by atoms with Crippen LogP contribution in [0.3, 0.4) is 0 Å². The van der Waals surface area contributed by atoms with Gasteiger partial charge in [-0.3, -0.25) is 4.79 Å². The lowest BCUT2D eigenvalue weighted by atomic mass is 10.1. The number of rotatable bonds is 7. The van der Waals surface area contributed by atoms with Gasteiger partial charge < -0.3 is 15.8 Å². The van der Waals surface area contributed by atoms with Gasteiger partial charge in [0.1, 0.15) is 5.75 Å². The molecule has 0 bridgehead atoms. The van der Waals surface area contributed by atoms with Crippen molar-refractivity contribution in [1.82, 2.24) is 5.32 Å². The molecule has 1 rings (SSSR count). The summed E-state index contributed by atoms with van der Waals surface area (Å²) in [5.74, 6) is -0.171. The Morgan fingerprint density at radius 1 is 1.43 bits per heavy atom. The smallest absolute Gasteiger partial charge is 0.422 e. The molecule has 0 saturated heterocycles. The van der Waals surface area contributed by atoms with Gasteiger partial charge in [0, 0.05) is 6.54 Å². The summed E-state index contributed by atoms with van der Waals surface area (Å²) in [7, 11) is 0. The Morgan fingerprint density at radius 2 is 2.14 bits per heavy atom. The molecule has 0 aliphatic heterocycles. The maximum absolute atomic E-state index is 12.1. The van der Waals surface area contributed by atoms with Gasteiger partial charge in [-0.05, 0) is 24.1 Å². The predicted molar refractivity (Wildman–Crippen MR) is 72.7 cm³/mol. The minimum atomic E-state index is -4.38. The number of carbonyl (C=O) groups excluding carboxylic acids is 1. The summed E-state index contributed by atoms with van der Waals surface area (Å²) in [6, 6.07) is 5.57. The normalized spacial score (nSPS) is 12.8. The minimum absolute atomic E-state index is 0.108. The fraction of sp³-hybridized carbons (Fsp3) is 0.500. The molecule has 1 amide bonds. The molecule has 0 aliphatic rings. The van der Waals surface area contributed by atoms with Crippen LogP contribution in [0.15, 0.2) is 24.3 Å². The Hall–Kier alpha value is -1.76. The summed E-state index contributed by atoms with van der Waals surface area (Å²) in [4.78, 5) is 11.6. The van der Waals surface area contributed by atoms with Crippen LogP contribution in [0, 0.1) is 0 Å². The van der Waals surface area contributed by atoms with Crippen LogP contribution in [0.1, 0.15) is 25.3 Å². The second kappa shape index (κ2) is 7.87. The summed E-state index contributed by atoms with van der Waals surface area (Å²) >= 11 is 0. The van der Waals surface area contributed by atoms with Crippen molar-refractivity contribution in [2.45, 2.75) is 38.5 Å². The summed E-state index contributed by atoms with van der Waals surface area (Å²) in [6.07, 6.45) is -2.99. The lowest BCUT2D eigenvalue weighted by Crippen LogP contribution is -2.40. The van der Waals surface area contributed by atoms with Crippen LogP contribution in [0.25, 0.3) is 0 Å². The van der Waals surface area contributed by atoms with Gasteiger partial charge in [0.2, 0.25) is 5.91 Å². The molecule has 0 heterocycles. The van der Waals surface area contributed by atoms with Crippen molar-refractivity contribution < 1.29 is 22.7 Å². The van der Waals surface area contributed by atoms with Crippen molar-refractivity contribution in [2.75, 3.05) is 6.61 Å². The molecule has 4 nitrogen and oxygen atoms in total. The molecule has 1 aromatic carbocycles. The van der Waals surface area contributed by atoms with Crippen molar-refractivity contribution in [3.05, 3.63) is 29.8 Å². The Balaban J connectivity index is 2.51. The Morgan fingerprint density at radius 3 is 2.76 bits per heavy atom. The van der Waals surface area contributed by atoms with E-state index in [0.29, 0.717) is 12.0 Å². The van der Waals surface area contributed by atoms with Crippen LogP contribution in [-0.4, -0.2) is 24.7 Å². The number of nitrogens with one attached hydrogen (secondary N) is 1. The number of carbonyl (C=O) groups is 1. The quantitative estimate of drug-likeness (QED) is 0.813. The van der Waals surface area contributed by atoms with Crippen molar-refractivity contribution in [1.29, 1.82) is 0 Å². The summed E-state index contributed by atoms with van der Waals surface area (Å²) in [6.45, 7) is 0.776. The molecule has 0 aromatic heterocycles. The van der Waals surface area contributed by atoms with E-state index in [1.54, 1.807) is 12.1 Å². The van der Waals surface area contributed by atoms with E-state index in [1.807, 2.05) is 6.92 Å². The van der Waals surface area contributed by atoms with Gasteiger partial charge in [0.05, 0.1) is 6.04 Å². The van der Waals surface area contributed by atoms with E-state index in [-0.39, 0.29) is 18.2 Å². The first-order valence-electron chi connectivity index (χ1n) is 6.63. The van der Waals surface area contributed by atoms with Crippen molar-refractivity contribution in [3.63, 3.8) is 0 Å². The average molecular weight is 304 g/mol. The van der Waals surface area contributed by atoms with E-state index >= 15 is 0 Å². The van der Waals surface area contributed by atoms with E-state index < -0.39 is 18.8 Å². The second-order valence-corrected chi connectivity index (χ2v) is 4.66. The van der Waals surface area contributed by atoms with Gasteiger partial charge in [-0.2, -0.15) is 13.2 Å². The standard InChI is InChI=1S/C14H19F3N2O2/c1-2-4-12(18)13(20)19-8-10-5-3-6-11(7-10)21-9-14(15,16)17/h3,5-7,12H,2,4,8-9,18H2,1H3,(H,19,20). The number of hydrogen-bond donors (Lipinski definition) is 2. The predicted octanol–water partition coefficient (Wildman–Crippen LogP) is 2.37. The number of alkyl halides is 3. The van der Waals surface area contributed by atoms with Crippen molar-refractivity contribution in [3.8, 4) is 5.75 Å². The van der Waals surface area contributed by atoms with Crippen LogP contribution >= 0.6 is 0 Å². The van der Waals surface area contributed by atoms with E-state index in [9.17, 15) is 18.0 Å². The summed E-state index contributed by atoms with van der Waals surface area (Å²) in [5, 5.41) is 2.64. The highest BCUT2D eigenvalue weighted by molar-refractivity contribution is 5.81. The largest absolute Gasteiger partial charge is 0.484 e. The molecule has 1 aromatic rings. The number of nitrogens with two attached hydrogens (primary N) is 1. The molecule has 1 unspecified atom stereocenters. The lowest BCUT2D eigenvalue weighted by molar-refractivity contribution is -0.153. The molecule has 118 valence electrons. The molecule has 21 heavy (non-hydrogen) atoms. The fourth-order valence-corrected chi connectivity index (χ4v) is 1.67. The number of ether oxygens (including phenoxy) is 1. The first-order chi connectivity index (χ1) is 9.81. The Bertz CT molecular complexity index is 464. The zero-order valence-electron chi connectivity index (χ0n) is 11.7. The van der Waals surface area contributed by atoms with Gasteiger partial charge in [-0.1, -0.05) is 25.5 Å². The maximum Gasteiger partial charge on any atom is 0.422 e. The van der Waals surface area contributed by atoms with Gasteiger partial charge in [0.25, 0.3) is 0 Å². The Kier molecular flexibility index (Phi) is 6.48. The van der Waals surface area contributed by atoms with Crippen LogP contribution in [-0.2, 0) is 11.3 Å². The number of amides is 1. The minimum Gasteiger partial charge on any atom is -0.484 e. The third-order valence-corrected chi connectivity index (χ3v) is 2.70. The molecular weight excluding hydrogens is 285 g/mol. The first-order valence-corrected chi connectivity index (χ1v) is 6.63. The molecular formula is C14H19F3N2O2. The molecule has 0 radical (unpaired) electrons. The highest BCUT2D eigenvalue weighted by atomic mass is 19.4. The molecule has 0 spiro atoms. The van der Waals surface area contributed by atoms with Gasteiger partial charge in [0.15, 0.2) is 6.61 Å². The second-order valence-electron chi connectivity index (χ2n) is 4.66. The van der Waals surface area contributed by atoms with Gasteiger partial charge in [-0.25, -0.2) is 0 Å². The average Bonchev–Trinajstić information content (AvgIpc) is 2.42. The van der Waals surface area contributed by atoms with Gasteiger partial charge in [-0.15, -0.1) is 0 Å². The monoisotopic (exact) mass is 304 g/mol. The van der Waals surface area contributed by atoms with Crippen molar-refractivity contribution >= 4 is 5.91 Å². The van der Waals surface area contributed by atoms with Crippen LogP contribution in [0.4, 0.5) is 13.2 Å². The van der Waals surface area contributed by atoms with Crippen molar-refractivity contribution in [2.24, 2.45) is 5.73 Å². The SMILES string of the molecule is CCCC(N)C(=O)NCc1cccc(OCC(F)(F)F)c1. The molecule has 0 aliphatic carbocycles. The lowest BCUT2D eigenvalue weighted by Gasteiger charge is -2.12. The van der Waals surface area contributed by atoms with Crippen LogP contribution < -0.4 is 15.8 Å². The number of hydrogen-bond acceptors (Lipinski definition) is 3. The third-order valence-electron chi connectivity index (χ3n) is 2.70. The number of benzene rings is 1. The molecule has 3 N–H and O–H groups in total. The van der Waals surface area contributed by atoms with E-state index in [0.717, 1.165) is 6.42 Å². The first kappa shape index (κ1) is 17.3. The van der Waals surface area contributed by atoms with E-state index in [1.165, 1.54) is 12.1 Å². The van der Waals surface area contributed by atoms with Gasteiger partial charge >= 0.3 is 6.18 Å². The molecule has 1 atom stereocenters. The summed E-state index contributed by atoms with van der Waals surface area (Å²) in [5.41, 5.74) is 6.30. The van der Waals surface area contributed by atoms with Crippen LogP contribution in [0.5, 0.6) is 5.75 Å².